The van der Waals surface area contributed by atoms with E-state index in [0.717, 1.165) is 25.9 Å². The van der Waals surface area contributed by atoms with Gasteiger partial charge in [0.15, 0.2) is 0 Å². The summed E-state index contributed by atoms with van der Waals surface area (Å²) in [4.78, 5) is 2.36. The molecule has 0 aromatic rings. The van der Waals surface area contributed by atoms with E-state index in [1.54, 1.807) is 0 Å². The van der Waals surface area contributed by atoms with Crippen LogP contribution >= 0.6 is 0 Å². The Morgan fingerprint density at radius 3 is 2.44 bits per heavy atom. The minimum absolute atomic E-state index is 0.127. The molecule has 0 bridgehead atoms. The van der Waals surface area contributed by atoms with Crippen molar-refractivity contribution >= 4 is 0 Å². The van der Waals surface area contributed by atoms with E-state index in [1.807, 2.05) is 0 Å². The molecule has 16 heavy (non-hydrogen) atoms. The summed E-state index contributed by atoms with van der Waals surface area (Å²) < 4.78 is 0. The van der Waals surface area contributed by atoms with Crippen LogP contribution in [0.4, 0.5) is 0 Å². The monoisotopic (exact) mass is 230 g/mol. The number of hydrogen-bond acceptors (Lipinski definition) is 3. The van der Waals surface area contributed by atoms with Crippen molar-refractivity contribution in [3.8, 4) is 0 Å². The Morgan fingerprint density at radius 2 is 2.00 bits per heavy atom. The first-order valence-electron chi connectivity index (χ1n) is 6.55. The molecule has 0 spiro atoms. The van der Waals surface area contributed by atoms with Crippen LogP contribution in [0, 0.1) is 0 Å². The van der Waals surface area contributed by atoms with Crippen LogP contribution in [0.15, 0.2) is 0 Å². The average Bonchev–Trinajstić information content (AvgIpc) is 2.32. The maximum atomic E-state index is 9.44. The van der Waals surface area contributed by atoms with Crippen molar-refractivity contribution in [1.29, 1.82) is 0 Å². The van der Waals surface area contributed by atoms with Crippen LogP contribution in [-0.4, -0.2) is 48.3 Å². The summed E-state index contributed by atoms with van der Waals surface area (Å²) in [5.74, 6) is 0. The van der Waals surface area contributed by atoms with Crippen LogP contribution in [0.5, 0.6) is 0 Å². The van der Waals surface area contributed by atoms with Gasteiger partial charge in [0.25, 0.3) is 0 Å². The van der Waals surface area contributed by atoms with Gasteiger partial charge >= 0.3 is 0 Å². The molecule has 0 aliphatic carbocycles. The van der Waals surface area contributed by atoms with Crippen molar-refractivity contribution < 1.29 is 5.11 Å². The highest BCUT2D eigenvalue weighted by atomic mass is 16.3. The third kappa shape index (κ3) is 5.83. The molecule has 0 saturated carbocycles. The molecule has 0 saturated heterocycles. The van der Waals surface area contributed by atoms with Gasteiger partial charge in [-0.2, -0.15) is 0 Å². The molecule has 0 heterocycles. The van der Waals surface area contributed by atoms with Crippen molar-refractivity contribution in [3.63, 3.8) is 0 Å². The predicted octanol–water partition coefficient (Wildman–Crippen LogP) is 1.86. The molecular weight excluding hydrogens is 200 g/mol. The van der Waals surface area contributed by atoms with Gasteiger partial charge in [-0.1, -0.05) is 13.8 Å². The fourth-order valence-electron chi connectivity index (χ4n) is 1.61. The van der Waals surface area contributed by atoms with Crippen LogP contribution in [0.2, 0.25) is 0 Å². The topological polar surface area (TPSA) is 35.5 Å². The van der Waals surface area contributed by atoms with Crippen molar-refractivity contribution in [3.05, 3.63) is 0 Å². The SMILES string of the molecule is CCCNC(C)(CO)CCN(C)C(C)CC. The standard InChI is InChI=1S/C13H30N2O/c1-6-9-14-13(4,11-16)8-10-15(5)12(3)7-2/h12,14,16H,6-11H2,1-5H3. The van der Waals surface area contributed by atoms with Crippen molar-refractivity contribution in [2.45, 2.75) is 58.5 Å². The lowest BCUT2D eigenvalue weighted by atomic mass is 9.98. The van der Waals surface area contributed by atoms with Gasteiger partial charge in [-0.15, -0.1) is 0 Å². The molecule has 0 aliphatic heterocycles. The lowest BCUT2D eigenvalue weighted by Gasteiger charge is -2.32. The Labute approximate surface area is 101 Å². The summed E-state index contributed by atoms with van der Waals surface area (Å²) in [6, 6.07) is 0.620. The summed E-state index contributed by atoms with van der Waals surface area (Å²) >= 11 is 0. The molecule has 0 aromatic carbocycles. The second kappa shape index (κ2) is 8.04. The zero-order valence-electron chi connectivity index (χ0n) is 11.7. The summed E-state index contributed by atoms with van der Waals surface area (Å²) in [5.41, 5.74) is -0.127. The first-order valence-corrected chi connectivity index (χ1v) is 6.55. The number of aliphatic hydroxyl groups excluding tert-OH is 1. The van der Waals surface area contributed by atoms with Crippen LogP contribution < -0.4 is 5.32 Å². The third-order valence-corrected chi connectivity index (χ3v) is 3.51. The summed E-state index contributed by atoms with van der Waals surface area (Å²) in [6.45, 7) is 10.9. The minimum atomic E-state index is -0.127. The molecule has 98 valence electrons. The number of nitrogens with one attached hydrogen (secondary N) is 1. The number of aliphatic hydroxyl groups is 1. The Kier molecular flexibility index (Phi) is 7.98. The lowest BCUT2D eigenvalue weighted by Crippen LogP contribution is -2.48. The maximum Gasteiger partial charge on any atom is 0.0611 e. The first kappa shape index (κ1) is 15.9. The molecule has 2 unspecified atom stereocenters. The molecule has 0 fully saturated rings. The van der Waals surface area contributed by atoms with Gasteiger partial charge in [-0.25, -0.2) is 0 Å². The summed E-state index contributed by atoms with van der Waals surface area (Å²) in [5, 5.41) is 12.9. The largest absolute Gasteiger partial charge is 0.394 e. The molecule has 0 radical (unpaired) electrons. The van der Waals surface area contributed by atoms with Crippen LogP contribution in [0.3, 0.4) is 0 Å². The van der Waals surface area contributed by atoms with Gasteiger partial charge in [-0.05, 0) is 53.2 Å². The molecule has 2 atom stereocenters. The molecule has 0 amide bonds. The molecular formula is C13H30N2O. The molecule has 3 nitrogen and oxygen atoms in total. The maximum absolute atomic E-state index is 9.44. The third-order valence-electron chi connectivity index (χ3n) is 3.51. The molecule has 0 aromatic heterocycles. The Balaban J connectivity index is 4.02. The Bertz CT molecular complexity index is 175. The quantitative estimate of drug-likeness (QED) is 0.634. The smallest absolute Gasteiger partial charge is 0.0611 e. The van der Waals surface area contributed by atoms with Gasteiger partial charge in [0.1, 0.15) is 0 Å². The van der Waals surface area contributed by atoms with Crippen molar-refractivity contribution in [2.75, 3.05) is 26.7 Å². The summed E-state index contributed by atoms with van der Waals surface area (Å²) in [6.07, 6.45) is 3.27. The highest BCUT2D eigenvalue weighted by Gasteiger charge is 2.22. The molecule has 2 N–H and O–H groups in total. The molecule has 0 rings (SSSR count). The van der Waals surface area contributed by atoms with E-state index in [-0.39, 0.29) is 12.1 Å². The predicted molar refractivity (Wildman–Crippen MR) is 70.8 cm³/mol. The van der Waals surface area contributed by atoms with Gasteiger partial charge < -0.3 is 15.3 Å². The highest BCUT2D eigenvalue weighted by Crippen LogP contribution is 2.11. The minimum Gasteiger partial charge on any atom is -0.394 e. The van der Waals surface area contributed by atoms with E-state index < -0.39 is 0 Å². The number of nitrogens with zero attached hydrogens (tertiary/aromatic N) is 1. The summed E-state index contributed by atoms with van der Waals surface area (Å²) in [7, 11) is 2.16. The number of hydrogen-bond donors (Lipinski definition) is 2. The van der Waals surface area contributed by atoms with Gasteiger partial charge in [-0.3, -0.25) is 0 Å². The van der Waals surface area contributed by atoms with Crippen LogP contribution in [0.25, 0.3) is 0 Å². The van der Waals surface area contributed by atoms with Crippen molar-refractivity contribution in [1.82, 2.24) is 10.2 Å². The van der Waals surface area contributed by atoms with E-state index in [0.29, 0.717) is 6.04 Å². The Morgan fingerprint density at radius 1 is 1.38 bits per heavy atom. The van der Waals surface area contributed by atoms with E-state index in [4.69, 9.17) is 0 Å². The zero-order valence-corrected chi connectivity index (χ0v) is 11.7. The highest BCUT2D eigenvalue weighted by molar-refractivity contribution is 4.83. The number of rotatable bonds is 9. The van der Waals surface area contributed by atoms with Crippen LogP contribution in [0.1, 0.15) is 47.0 Å². The van der Waals surface area contributed by atoms with Crippen LogP contribution in [-0.2, 0) is 0 Å². The molecule has 0 aliphatic rings. The normalized spacial score (nSPS) is 17.4. The fourth-order valence-corrected chi connectivity index (χ4v) is 1.61. The first-order chi connectivity index (χ1) is 7.49. The van der Waals surface area contributed by atoms with Gasteiger partial charge in [0, 0.05) is 11.6 Å². The average molecular weight is 230 g/mol. The fraction of sp³-hybridized carbons (Fsp3) is 1.00. The van der Waals surface area contributed by atoms with Gasteiger partial charge in [0.05, 0.1) is 6.61 Å². The Hall–Kier alpha value is -0.120. The van der Waals surface area contributed by atoms with E-state index >= 15 is 0 Å². The zero-order chi connectivity index (χ0) is 12.6. The van der Waals surface area contributed by atoms with E-state index in [9.17, 15) is 5.11 Å². The van der Waals surface area contributed by atoms with Gasteiger partial charge in [0.2, 0.25) is 0 Å². The second-order valence-electron chi connectivity index (χ2n) is 5.13. The second-order valence-corrected chi connectivity index (χ2v) is 5.13. The van der Waals surface area contributed by atoms with E-state index in [2.05, 4.69) is 45.0 Å². The lowest BCUT2D eigenvalue weighted by molar-refractivity contribution is 0.142. The van der Waals surface area contributed by atoms with Crippen molar-refractivity contribution in [2.24, 2.45) is 0 Å². The van der Waals surface area contributed by atoms with E-state index in [1.165, 1.54) is 6.42 Å². The molecule has 3 heteroatoms.